The topological polar surface area (TPSA) is 0 Å². The summed E-state index contributed by atoms with van der Waals surface area (Å²) in [6, 6.07) is 25.8. The fourth-order valence-electron chi connectivity index (χ4n) is 3.22. The number of rotatable bonds is 0. The van der Waals surface area contributed by atoms with Gasteiger partial charge in [0, 0.05) is 0 Å². The van der Waals surface area contributed by atoms with Gasteiger partial charge in [-0.25, -0.2) is 0 Å². The molecule has 0 aliphatic rings. The van der Waals surface area contributed by atoms with Gasteiger partial charge in [0.25, 0.3) is 0 Å². The van der Waals surface area contributed by atoms with Gasteiger partial charge in [-0.3, -0.25) is 0 Å². The molecule has 0 aromatic heterocycles. The molecule has 0 fully saturated rings. The standard InChI is InChI=1S/2C12H12/c1-9-5-3-8-12-10(2)6-4-7-11(9)12;1-9-7-8-10(2)12-6-4-3-5-11(9)12/h2*3-8H,1-2H3. The van der Waals surface area contributed by atoms with Crippen LogP contribution in [0.2, 0.25) is 0 Å². The van der Waals surface area contributed by atoms with Gasteiger partial charge in [0.1, 0.15) is 0 Å². The molecule has 0 atom stereocenters. The first-order chi connectivity index (χ1) is 11.6. The fourth-order valence-corrected chi connectivity index (χ4v) is 3.22. The zero-order valence-corrected chi connectivity index (χ0v) is 14.9. The zero-order chi connectivity index (χ0) is 17.1. The van der Waals surface area contributed by atoms with Gasteiger partial charge >= 0.3 is 0 Å². The molecule has 0 spiro atoms. The molecule has 0 aliphatic carbocycles. The molecule has 0 unspecified atom stereocenters. The maximum absolute atomic E-state index is 2.18. The predicted octanol–water partition coefficient (Wildman–Crippen LogP) is 6.91. The molecule has 4 aromatic carbocycles. The Balaban J connectivity index is 0.000000141. The van der Waals surface area contributed by atoms with Crippen LogP contribution < -0.4 is 0 Å². The lowest BCUT2D eigenvalue weighted by molar-refractivity contribution is 1.46. The van der Waals surface area contributed by atoms with Crippen LogP contribution in [0.4, 0.5) is 0 Å². The quantitative estimate of drug-likeness (QED) is 0.331. The Labute approximate surface area is 144 Å². The normalized spacial score (nSPS) is 10.5. The van der Waals surface area contributed by atoms with Crippen LogP contribution >= 0.6 is 0 Å². The van der Waals surface area contributed by atoms with E-state index in [1.54, 1.807) is 0 Å². The molecule has 4 rings (SSSR count). The molecule has 4 aromatic rings. The van der Waals surface area contributed by atoms with Gasteiger partial charge in [0.15, 0.2) is 0 Å². The van der Waals surface area contributed by atoms with Gasteiger partial charge in [0.05, 0.1) is 0 Å². The van der Waals surface area contributed by atoms with Crippen molar-refractivity contribution in [1.82, 2.24) is 0 Å². The minimum atomic E-state index is 1.36. The van der Waals surface area contributed by atoms with E-state index in [0.717, 1.165) is 0 Å². The van der Waals surface area contributed by atoms with Crippen molar-refractivity contribution in [3.05, 3.63) is 95.1 Å². The first-order valence-electron chi connectivity index (χ1n) is 8.48. The summed E-state index contributed by atoms with van der Waals surface area (Å²) in [6.07, 6.45) is 0. The molecule has 0 saturated heterocycles. The van der Waals surface area contributed by atoms with Crippen LogP contribution in [0.15, 0.2) is 72.8 Å². The van der Waals surface area contributed by atoms with Crippen molar-refractivity contribution in [2.24, 2.45) is 0 Å². The molecular formula is C24H24. The number of hydrogen-bond acceptors (Lipinski definition) is 0. The Morgan fingerprint density at radius 3 is 1.00 bits per heavy atom. The lowest BCUT2D eigenvalue weighted by Gasteiger charge is -2.03. The molecule has 0 radical (unpaired) electrons. The number of hydrogen-bond donors (Lipinski definition) is 0. The maximum atomic E-state index is 2.18. The highest BCUT2D eigenvalue weighted by molar-refractivity contribution is 5.88. The van der Waals surface area contributed by atoms with Crippen molar-refractivity contribution in [3.8, 4) is 0 Å². The summed E-state index contributed by atoms with van der Waals surface area (Å²) in [4.78, 5) is 0. The summed E-state index contributed by atoms with van der Waals surface area (Å²) < 4.78 is 0. The summed E-state index contributed by atoms with van der Waals surface area (Å²) in [5.74, 6) is 0. The number of fused-ring (bicyclic) bond motifs is 2. The monoisotopic (exact) mass is 312 g/mol. The Morgan fingerprint density at radius 2 is 0.625 bits per heavy atom. The fraction of sp³-hybridized carbons (Fsp3) is 0.167. The maximum Gasteiger partial charge on any atom is -0.0152 e. The molecule has 0 N–H and O–H groups in total. The minimum Gasteiger partial charge on any atom is -0.0616 e. The molecule has 120 valence electrons. The van der Waals surface area contributed by atoms with Crippen molar-refractivity contribution in [2.75, 3.05) is 0 Å². The van der Waals surface area contributed by atoms with Crippen LogP contribution in [0.5, 0.6) is 0 Å². The first kappa shape index (κ1) is 16.3. The van der Waals surface area contributed by atoms with Gasteiger partial charge in [-0.2, -0.15) is 0 Å². The third kappa shape index (κ3) is 3.19. The van der Waals surface area contributed by atoms with E-state index in [1.165, 1.54) is 43.8 Å². The second-order valence-electron chi connectivity index (χ2n) is 6.49. The summed E-state index contributed by atoms with van der Waals surface area (Å²) in [5, 5.41) is 5.49. The van der Waals surface area contributed by atoms with Crippen molar-refractivity contribution in [3.63, 3.8) is 0 Å². The minimum absolute atomic E-state index is 1.36. The molecular weight excluding hydrogens is 288 g/mol. The Bertz CT molecular complexity index is 875. The van der Waals surface area contributed by atoms with E-state index in [1.807, 2.05) is 0 Å². The Kier molecular flexibility index (Phi) is 4.66. The molecule has 0 heteroatoms. The summed E-state index contributed by atoms with van der Waals surface area (Å²) in [6.45, 7) is 8.62. The first-order valence-corrected chi connectivity index (χ1v) is 8.48. The molecule has 0 aliphatic heterocycles. The van der Waals surface area contributed by atoms with Crippen LogP contribution in [-0.4, -0.2) is 0 Å². The molecule has 0 amide bonds. The predicted molar refractivity (Wildman–Crippen MR) is 107 cm³/mol. The molecule has 0 heterocycles. The van der Waals surface area contributed by atoms with E-state index < -0.39 is 0 Å². The lowest BCUT2D eigenvalue weighted by Crippen LogP contribution is -1.80. The highest BCUT2D eigenvalue weighted by Gasteiger charge is 1.98. The van der Waals surface area contributed by atoms with E-state index in [9.17, 15) is 0 Å². The van der Waals surface area contributed by atoms with Crippen LogP contribution in [0.1, 0.15) is 22.3 Å². The molecule has 0 bridgehead atoms. The summed E-state index contributed by atoms with van der Waals surface area (Å²) in [5.41, 5.74) is 5.43. The second-order valence-corrected chi connectivity index (χ2v) is 6.49. The van der Waals surface area contributed by atoms with E-state index >= 15 is 0 Å². The Hall–Kier alpha value is -2.60. The van der Waals surface area contributed by atoms with Gasteiger partial charge < -0.3 is 0 Å². The smallest absolute Gasteiger partial charge is 0.0152 e. The number of benzene rings is 4. The van der Waals surface area contributed by atoms with E-state index in [4.69, 9.17) is 0 Å². The highest BCUT2D eigenvalue weighted by Crippen LogP contribution is 2.21. The second kappa shape index (κ2) is 6.88. The van der Waals surface area contributed by atoms with Crippen molar-refractivity contribution in [1.29, 1.82) is 0 Å². The van der Waals surface area contributed by atoms with E-state index in [-0.39, 0.29) is 0 Å². The molecule has 0 nitrogen and oxygen atoms in total. The Morgan fingerprint density at radius 1 is 0.333 bits per heavy atom. The number of aryl methyl sites for hydroxylation is 4. The average molecular weight is 312 g/mol. The van der Waals surface area contributed by atoms with E-state index in [0.29, 0.717) is 0 Å². The van der Waals surface area contributed by atoms with Crippen LogP contribution in [0.3, 0.4) is 0 Å². The third-order valence-corrected chi connectivity index (χ3v) is 4.72. The average Bonchev–Trinajstić information content (AvgIpc) is 2.60. The zero-order valence-electron chi connectivity index (χ0n) is 14.9. The summed E-state index contributed by atoms with van der Waals surface area (Å²) in [7, 11) is 0. The third-order valence-electron chi connectivity index (χ3n) is 4.72. The van der Waals surface area contributed by atoms with Crippen molar-refractivity contribution in [2.45, 2.75) is 27.7 Å². The SMILES string of the molecule is Cc1ccc(C)c2ccccc12.Cc1cccc2c(C)cccc12. The van der Waals surface area contributed by atoms with Gasteiger partial charge in [-0.1, -0.05) is 72.8 Å². The van der Waals surface area contributed by atoms with Crippen LogP contribution in [0, 0.1) is 27.7 Å². The van der Waals surface area contributed by atoms with Gasteiger partial charge in [-0.15, -0.1) is 0 Å². The summed E-state index contributed by atoms with van der Waals surface area (Å²) >= 11 is 0. The van der Waals surface area contributed by atoms with Gasteiger partial charge in [0.2, 0.25) is 0 Å². The largest absolute Gasteiger partial charge is 0.0616 e. The van der Waals surface area contributed by atoms with Crippen molar-refractivity contribution < 1.29 is 0 Å². The lowest BCUT2D eigenvalue weighted by atomic mass is 10.0. The van der Waals surface area contributed by atoms with Crippen LogP contribution in [0.25, 0.3) is 21.5 Å². The van der Waals surface area contributed by atoms with Crippen molar-refractivity contribution >= 4 is 21.5 Å². The molecule has 0 saturated carbocycles. The highest BCUT2D eigenvalue weighted by atomic mass is 14.0. The van der Waals surface area contributed by atoms with Crippen LogP contribution in [-0.2, 0) is 0 Å². The van der Waals surface area contributed by atoms with Gasteiger partial charge in [-0.05, 0) is 71.5 Å². The van der Waals surface area contributed by atoms with E-state index in [2.05, 4.69) is 100 Å². The molecule has 24 heavy (non-hydrogen) atoms.